The van der Waals surface area contributed by atoms with E-state index in [0.717, 1.165) is 39.9 Å². The third-order valence-corrected chi connectivity index (χ3v) is 21.7. The van der Waals surface area contributed by atoms with Crippen LogP contribution in [-0.4, -0.2) is 182 Å². The molecule has 0 aromatic carbocycles. The van der Waals surface area contributed by atoms with Gasteiger partial charge in [-0.2, -0.15) is 0 Å². The van der Waals surface area contributed by atoms with Gasteiger partial charge >= 0.3 is 0 Å². The number of aliphatic hydroxyl groups is 5. The van der Waals surface area contributed by atoms with E-state index < -0.39 is 33.1 Å². The number of methoxy groups -OCH3 is 6. The third-order valence-electron chi connectivity index (χ3n) is 17.2. The lowest BCUT2D eigenvalue weighted by Crippen LogP contribution is -2.49. The van der Waals surface area contributed by atoms with Crippen LogP contribution in [0.5, 0.6) is 0 Å². The van der Waals surface area contributed by atoms with Crippen molar-refractivity contribution in [1.29, 1.82) is 0 Å². The third kappa shape index (κ3) is 30.1. The van der Waals surface area contributed by atoms with Crippen LogP contribution in [-0.2, 0) is 56.5 Å². The van der Waals surface area contributed by atoms with Crippen LogP contribution in [0.1, 0.15) is 133 Å². The van der Waals surface area contributed by atoms with Crippen molar-refractivity contribution in [1.82, 2.24) is 0 Å². The van der Waals surface area contributed by atoms with Crippen LogP contribution in [0.4, 0.5) is 0 Å². The summed E-state index contributed by atoms with van der Waals surface area (Å²) in [7, 11) is 7.86. The summed E-state index contributed by atoms with van der Waals surface area (Å²) < 4.78 is 68.2. The molecule has 4 aliphatic heterocycles. The first-order chi connectivity index (χ1) is 42.1. The molecule has 21 atom stereocenters. The highest BCUT2D eigenvalue weighted by Crippen LogP contribution is 2.40. The Morgan fingerprint density at radius 2 is 1.00 bits per heavy atom. The molecule has 0 aliphatic carbocycles. The monoisotopic (exact) mass is 1340 g/mol. The summed E-state index contributed by atoms with van der Waals surface area (Å²) in [5.74, 6) is 0.861. The Hall–Kier alpha value is -4.06. The fourth-order valence-electron chi connectivity index (χ4n) is 10.5. The number of rotatable bonds is 28. The SMILES string of the molecule is C.C.C.C=C[C@H](OC)C1OC(O)=C(C)C[C@H]1C.C=C[C@H](OC)C1OC=C(C)C(O)[C@H]1C.C=C[C@H](OC)C1O[C@H](O[C@H]2OC([C@H](C=C)OC)[C@H](C)C=C2C)C(C)=C[C@H]1C.C=C[C@H](OC)[C@@H](O)[C@H](C)/C=C(/C)CO.C=C[C@H](OC)[C@@H](O[Si](C)(C)C(C)(C)C)[C@H](C)/C=C(/C)CO. The van der Waals surface area contributed by atoms with E-state index in [1.54, 1.807) is 78.3 Å². The first kappa shape index (κ1) is 95.3. The number of ether oxygens (including phenoxy) is 11. The second kappa shape index (κ2) is 47.8. The molecule has 93 heavy (non-hydrogen) atoms. The van der Waals surface area contributed by atoms with Gasteiger partial charge in [-0.15, -0.1) is 39.5 Å². The van der Waals surface area contributed by atoms with Crippen molar-refractivity contribution in [2.75, 3.05) is 55.9 Å². The zero-order valence-electron chi connectivity index (χ0n) is 59.5. The minimum Gasteiger partial charge on any atom is -0.495 e. The maximum Gasteiger partial charge on any atom is 0.275 e. The molecule has 5 N–H and O–H groups in total. The molecule has 0 amide bonds. The molecule has 5 unspecified atom stereocenters. The molecule has 4 heterocycles. The van der Waals surface area contributed by atoms with Crippen LogP contribution in [0, 0.1) is 35.5 Å². The second-order valence-electron chi connectivity index (χ2n) is 25.7. The van der Waals surface area contributed by atoms with E-state index in [4.69, 9.17) is 61.6 Å². The van der Waals surface area contributed by atoms with Gasteiger partial charge in [-0.25, -0.2) is 0 Å². The van der Waals surface area contributed by atoms with Gasteiger partial charge in [0.25, 0.3) is 5.95 Å². The number of hydrogen-bond acceptors (Lipinski definition) is 17. The highest BCUT2D eigenvalue weighted by molar-refractivity contribution is 6.74. The lowest BCUT2D eigenvalue weighted by molar-refractivity contribution is -0.270. The van der Waals surface area contributed by atoms with Crippen molar-refractivity contribution in [2.24, 2.45) is 35.5 Å². The zero-order valence-corrected chi connectivity index (χ0v) is 60.5. The van der Waals surface area contributed by atoms with Gasteiger partial charge in [-0.1, -0.05) is 157 Å². The largest absolute Gasteiger partial charge is 0.495 e. The quantitative estimate of drug-likeness (QED) is 0.0364. The highest BCUT2D eigenvalue weighted by atomic mass is 28.4. The minimum absolute atomic E-state index is 0. The van der Waals surface area contributed by atoms with Crippen molar-refractivity contribution in [2.45, 2.75) is 243 Å². The van der Waals surface area contributed by atoms with Crippen LogP contribution in [0.2, 0.25) is 18.1 Å². The maximum absolute atomic E-state index is 9.82. The summed E-state index contributed by atoms with van der Waals surface area (Å²) in [6.07, 6.45) is 16.9. The molecule has 17 nitrogen and oxygen atoms in total. The van der Waals surface area contributed by atoms with Crippen molar-refractivity contribution >= 4 is 8.32 Å². The van der Waals surface area contributed by atoms with Crippen LogP contribution >= 0.6 is 0 Å². The topological polar surface area (TPSA) is 212 Å². The summed E-state index contributed by atoms with van der Waals surface area (Å²) in [6.45, 7) is 57.5. The van der Waals surface area contributed by atoms with Gasteiger partial charge in [0.2, 0.25) is 0 Å². The number of allylic oxidation sites excluding steroid dienone is 1. The van der Waals surface area contributed by atoms with Gasteiger partial charge < -0.3 is 82.1 Å². The molecule has 0 saturated carbocycles. The first-order valence-corrected chi connectivity index (χ1v) is 34.3. The molecule has 0 fully saturated rings. The van der Waals surface area contributed by atoms with E-state index >= 15 is 0 Å². The average molecular weight is 1340 g/mol. The molecule has 0 spiro atoms. The summed E-state index contributed by atoms with van der Waals surface area (Å²) in [5.41, 5.74) is 5.59. The van der Waals surface area contributed by atoms with Gasteiger partial charge in [0.15, 0.2) is 20.9 Å². The molecule has 4 rings (SSSR count). The van der Waals surface area contributed by atoms with Crippen LogP contribution in [0.3, 0.4) is 0 Å². The molecule has 0 bridgehead atoms. The molecule has 0 saturated heterocycles. The van der Waals surface area contributed by atoms with Crippen LogP contribution < -0.4 is 0 Å². The lowest BCUT2D eigenvalue weighted by atomic mass is 9.88. The zero-order chi connectivity index (χ0) is 69.6. The maximum atomic E-state index is 9.82. The Morgan fingerprint density at radius 1 is 0.613 bits per heavy atom. The summed E-state index contributed by atoms with van der Waals surface area (Å²) in [6, 6.07) is 0. The normalized spacial score (nSPS) is 27.1. The minimum atomic E-state index is -1.91. The first-order valence-electron chi connectivity index (χ1n) is 31.4. The molecule has 4 aliphatic rings. The Balaban J connectivity index is -0.000000543. The predicted molar refractivity (Wildman–Crippen MR) is 386 cm³/mol. The van der Waals surface area contributed by atoms with Crippen molar-refractivity contribution in [3.8, 4) is 0 Å². The number of hydrogen-bond donors (Lipinski definition) is 5. The lowest BCUT2D eigenvalue weighted by Gasteiger charge is -2.42. The van der Waals surface area contributed by atoms with Crippen molar-refractivity contribution in [3.05, 3.63) is 146 Å². The molecular formula is C75H136O17Si. The van der Waals surface area contributed by atoms with Crippen molar-refractivity contribution < 1.29 is 82.1 Å². The molecule has 0 aromatic heterocycles. The van der Waals surface area contributed by atoms with E-state index in [-0.39, 0.29) is 143 Å². The molecule has 0 aromatic rings. The van der Waals surface area contributed by atoms with Gasteiger partial charge in [-0.3, -0.25) is 0 Å². The fourth-order valence-corrected chi connectivity index (χ4v) is 11.9. The van der Waals surface area contributed by atoms with Gasteiger partial charge in [0, 0.05) is 83.7 Å². The summed E-state index contributed by atoms with van der Waals surface area (Å²) >= 11 is 0. The van der Waals surface area contributed by atoms with E-state index in [1.165, 1.54) is 7.11 Å². The smallest absolute Gasteiger partial charge is 0.275 e. The Bertz CT molecular complexity index is 2270. The molecule has 0 radical (unpaired) electrons. The highest BCUT2D eigenvalue weighted by Gasteiger charge is 2.43. The van der Waals surface area contributed by atoms with Crippen LogP contribution in [0.15, 0.2) is 146 Å². The molecular weight excluding hydrogens is 1200 g/mol. The second-order valence-corrected chi connectivity index (χ2v) is 30.4. The Kier molecular flexibility index (Phi) is 49.0. The Morgan fingerprint density at radius 3 is 1.35 bits per heavy atom. The van der Waals surface area contributed by atoms with E-state index in [9.17, 15) is 20.4 Å². The van der Waals surface area contributed by atoms with E-state index in [0.29, 0.717) is 5.92 Å². The van der Waals surface area contributed by atoms with Gasteiger partial charge in [0.05, 0.1) is 50.0 Å². The summed E-state index contributed by atoms with van der Waals surface area (Å²) in [5, 5.41) is 47.3. The van der Waals surface area contributed by atoms with Gasteiger partial charge in [0.1, 0.15) is 48.8 Å². The Labute approximate surface area is 567 Å². The van der Waals surface area contributed by atoms with Gasteiger partial charge in [-0.05, 0) is 82.8 Å². The average Bonchev–Trinajstić information content (AvgIpc) is 0.977. The molecule has 18 heteroatoms. The predicted octanol–water partition coefficient (Wildman–Crippen LogP) is 15.1. The number of aliphatic hydroxyl groups excluding tert-OH is 5. The molecule has 542 valence electrons. The summed E-state index contributed by atoms with van der Waals surface area (Å²) in [4.78, 5) is 0. The van der Waals surface area contributed by atoms with Crippen LogP contribution in [0.25, 0.3) is 0 Å². The fraction of sp³-hybridized carbons (Fsp3) is 0.680. The van der Waals surface area contributed by atoms with E-state index in [1.807, 2.05) is 61.5 Å². The standard InChI is InChI=1S/C22H34O5.C17H34O3Si.2C11H18O3.C11H20O3.3CH4/c1-9-17(23-7)19-13(3)11-15(5)21(25-19)27-22-16(6)12-14(4)20(26-22)18(10-2)24-8;1-10-15(19-7)16(14(3)11-13(2)12-18)20-21(8,9)17(4,5)6;1-5-9(13-4)11-8(3)10(12)7(2)6-14-11;1-5-9(13-4)10-7(2)6-8(3)11(12)14-10;1-5-10(14-4)11(13)9(3)6-8(2)7-12;;;/h9-14,17-22H,1-2H2,3-8H3;10-11,14-16,18H,1,12H2,2-9H3;5-6,8-12H,1H2,2-4H3;5,7,9-10,12H,1,6H2,2-4H3;5-6,9-13H,1,7H2,2-4H3;3*1H4/b;13-11-;;;8-6-;;;/t13-,14-,17+,18+,19?,20?,21-,22-;14-,15+,16+;8-,9+,10?,11?;7-,9+,10?;9-,10+,11+;;;/m11111.../s1. The van der Waals surface area contributed by atoms with E-state index in [2.05, 4.69) is 119 Å². The van der Waals surface area contributed by atoms with Crippen molar-refractivity contribution in [3.63, 3.8) is 0 Å².